The summed E-state index contributed by atoms with van der Waals surface area (Å²) in [5.41, 5.74) is 4.02. The predicted molar refractivity (Wildman–Crippen MR) is 131 cm³/mol. The van der Waals surface area contributed by atoms with E-state index in [1.807, 2.05) is 50.2 Å². The van der Waals surface area contributed by atoms with E-state index in [-0.39, 0.29) is 29.7 Å². The minimum atomic E-state index is -0.807. The molecule has 1 saturated heterocycles. The van der Waals surface area contributed by atoms with Gasteiger partial charge in [0.15, 0.2) is 6.23 Å². The monoisotopic (exact) mass is 475 g/mol. The number of carbonyl (C=O) groups excluding carboxylic acids is 3. The van der Waals surface area contributed by atoms with Gasteiger partial charge in [-0.15, -0.1) is 0 Å². The molecule has 2 N–H and O–H groups in total. The van der Waals surface area contributed by atoms with Gasteiger partial charge >= 0.3 is 0 Å². The summed E-state index contributed by atoms with van der Waals surface area (Å²) in [4.78, 5) is 41.8. The van der Waals surface area contributed by atoms with Crippen LogP contribution in [0.5, 0.6) is 0 Å². The van der Waals surface area contributed by atoms with Gasteiger partial charge in [0.1, 0.15) is 12.1 Å². The van der Waals surface area contributed by atoms with E-state index in [1.54, 1.807) is 4.90 Å². The van der Waals surface area contributed by atoms with Gasteiger partial charge in [0.05, 0.1) is 12.6 Å². The van der Waals surface area contributed by atoms with Crippen LogP contribution in [-0.2, 0) is 25.5 Å². The van der Waals surface area contributed by atoms with Gasteiger partial charge in [-0.2, -0.15) is 0 Å². The van der Waals surface area contributed by atoms with E-state index in [4.69, 9.17) is 4.74 Å². The van der Waals surface area contributed by atoms with E-state index < -0.39 is 18.3 Å². The van der Waals surface area contributed by atoms with Crippen molar-refractivity contribution >= 4 is 17.7 Å². The molecule has 0 saturated carbocycles. The second kappa shape index (κ2) is 9.82. The Bertz CT molecular complexity index is 1130. The standard InChI is InChI=1S/C28H33N3O4/c1-3-17(2)25(32)30-23-15-16-35-28-21-13-7-6-12-20(21)24(31(28)27(23)34)26(33)29-22-14-8-10-18-9-4-5-11-19(18)22/h4-7,9,11-13,17,22-24,28H,3,8,10,14-16H2,1-2H3,(H,29,33)(H,30,32)/t17-,22-,23+,24?,28+/m1/s1. The van der Waals surface area contributed by atoms with Gasteiger partial charge in [-0.3, -0.25) is 19.3 Å². The van der Waals surface area contributed by atoms with Gasteiger partial charge in [-0.25, -0.2) is 0 Å². The molecule has 0 spiro atoms. The largest absolute Gasteiger partial charge is 0.354 e. The van der Waals surface area contributed by atoms with Crippen molar-refractivity contribution in [1.82, 2.24) is 15.5 Å². The van der Waals surface area contributed by atoms with Crippen LogP contribution in [0.3, 0.4) is 0 Å². The fourth-order valence-electron chi connectivity index (χ4n) is 5.49. The fraction of sp³-hybridized carbons (Fsp3) is 0.464. The Balaban J connectivity index is 1.44. The van der Waals surface area contributed by atoms with Gasteiger partial charge < -0.3 is 15.4 Å². The highest BCUT2D eigenvalue weighted by Crippen LogP contribution is 2.45. The average molecular weight is 476 g/mol. The number of rotatable bonds is 5. The number of hydrogen-bond donors (Lipinski definition) is 2. The Labute approximate surface area is 206 Å². The van der Waals surface area contributed by atoms with Crippen LogP contribution in [0.1, 0.15) is 80.1 Å². The van der Waals surface area contributed by atoms with Crippen molar-refractivity contribution in [3.8, 4) is 0 Å². The molecule has 184 valence electrons. The SMILES string of the molecule is CC[C@@H](C)C(=O)N[C@H]1CCO[C@H]2c3ccccc3C(C(=O)N[C@@H]3CCCc4ccccc43)N2C1=O. The third kappa shape index (κ3) is 4.33. The molecular formula is C28H33N3O4. The van der Waals surface area contributed by atoms with E-state index in [1.165, 1.54) is 5.56 Å². The molecule has 7 heteroatoms. The molecule has 0 radical (unpaired) electrons. The molecule has 2 aromatic carbocycles. The summed E-state index contributed by atoms with van der Waals surface area (Å²) in [6.45, 7) is 4.11. The molecule has 3 amide bonds. The summed E-state index contributed by atoms with van der Waals surface area (Å²) in [6, 6.07) is 14.2. The number of aryl methyl sites for hydroxylation is 1. The number of benzene rings is 2. The molecule has 7 nitrogen and oxygen atoms in total. The van der Waals surface area contributed by atoms with Gasteiger partial charge in [-0.05, 0) is 42.4 Å². The molecule has 2 aromatic rings. The molecule has 3 aliphatic rings. The summed E-state index contributed by atoms with van der Waals surface area (Å²) in [5.74, 6) is -0.832. The van der Waals surface area contributed by atoms with Crippen LogP contribution in [0, 0.1) is 5.92 Å². The van der Waals surface area contributed by atoms with E-state index in [9.17, 15) is 14.4 Å². The zero-order valence-corrected chi connectivity index (χ0v) is 20.3. The molecule has 5 atom stereocenters. The van der Waals surface area contributed by atoms with E-state index >= 15 is 0 Å². The minimum absolute atomic E-state index is 0.0948. The van der Waals surface area contributed by atoms with Crippen LogP contribution in [0.25, 0.3) is 0 Å². The smallest absolute Gasteiger partial charge is 0.248 e. The number of amides is 3. The lowest BCUT2D eigenvalue weighted by atomic mass is 9.87. The molecule has 1 unspecified atom stereocenters. The van der Waals surface area contributed by atoms with E-state index in [2.05, 4.69) is 22.8 Å². The van der Waals surface area contributed by atoms with E-state index in [0.29, 0.717) is 19.4 Å². The highest BCUT2D eigenvalue weighted by Gasteiger charge is 2.49. The van der Waals surface area contributed by atoms with Crippen molar-refractivity contribution < 1.29 is 19.1 Å². The number of fused-ring (bicyclic) bond motifs is 4. The number of ether oxygens (including phenoxy) is 1. The number of nitrogens with one attached hydrogen (secondary N) is 2. The third-order valence-electron chi connectivity index (χ3n) is 7.63. The molecule has 0 bridgehead atoms. The normalized spacial score (nSPS) is 26.1. The lowest BCUT2D eigenvalue weighted by Crippen LogP contribution is -2.51. The average Bonchev–Trinajstić information content (AvgIpc) is 3.13. The Morgan fingerprint density at radius 3 is 2.49 bits per heavy atom. The van der Waals surface area contributed by atoms with Gasteiger partial charge in [0.25, 0.3) is 0 Å². The van der Waals surface area contributed by atoms with Crippen LogP contribution < -0.4 is 10.6 Å². The maximum Gasteiger partial charge on any atom is 0.248 e. The lowest BCUT2D eigenvalue weighted by Gasteiger charge is -2.32. The molecule has 2 heterocycles. The molecule has 0 aromatic heterocycles. The van der Waals surface area contributed by atoms with Crippen LogP contribution in [0.2, 0.25) is 0 Å². The van der Waals surface area contributed by atoms with Gasteiger partial charge in [0.2, 0.25) is 17.7 Å². The fourth-order valence-corrected chi connectivity index (χ4v) is 5.49. The van der Waals surface area contributed by atoms with Crippen molar-refractivity contribution in [2.75, 3.05) is 6.61 Å². The first kappa shape index (κ1) is 23.5. The number of hydrogen-bond acceptors (Lipinski definition) is 4. The zero-order valence-electron chi connectivity index (χ0n) is 20.3. The van der Waals surface area contributed by atoms with Crippen molar-refractivity contribution in [3.05, 3.63) is 70.8 Å². The first-order valence-corrected chi connectivity index (χ1v) is 12.7. The number of nitrogens with zero attached hydrogens (tertiary/aromatic N) is 1. The highest BCUT2D eigenvalue weighted by atomic mass is 16.5. The maximum absolute atomic E-state index is 13.8. The topological polar surface area (TPSA) is 87.7 Å². The summed E-state index contributed by atoms with van der Waals surface area (Å²) < 4.78 is 6.12. The van der Waals surface area contributed by atoms with Crippen LogP contribution in [-0.4, -0.2) is 35.3 Å². The van der Waals surface area contributed by atoms with Crippen molar-refractivity contribution in [2.45, 2.75) is 70.3 Å². The van der Waals surface area contributed by atoms with Crippen LogP contribution >= 0.6 is 0 Å². The summed E-state index contributed by atoms with van der Waals surface area (Å²) >= 11 is 0. The summed E-state index contributed by atoms with van der Waals surface area (Å²) in [6.07, 6.45) is 3.29. The van der Waals surface area contributed by atoms with Crippen molar-refractivity contribution in [1.29, 1.82) is 0 Å². The molecule has 1 aliphatic carbocycles. The maximum atomic E-state index is 13.8. The minimum Gasteiger partial charge on any atom is -0.354 e. The quantitative estimate of drug-likeness (QED) is 0.690. The van der Waals surface area contributed by atoms with Gasteiger partial charge in [0, 0.05) is 17.9 Å². The second-order valence-corrected chi connectivity index (χ2v) is 9.81. The molecule has 35 heavy (non-hydrogen) atoms. The number of carbonyl (C=O) groups is 3. The van der Waals surface area contributed by atoms with Crippen LogP contribution in [0.15, 0.2) is 48.5 Å². The molecule has 1 fully saturated rings. The Kier molecular flexibility index (Phi) is 6.60. The Morgan fingerprint density at radius 1 is 1.00 bits per heavy atom. The van der Waals surface area contributed by atoms with Crippen molar-refractivity contribution in [2.24, 2.45) is 5.92 Å². The van der Waals surface area contributed by atoms with Gasteiger partial charge in [-0.1, -0.05) is 62.4 Å². The predicted octanol–water partition coefficient (Wildman–Crippen LogP) is 3.71. The van der Waals surface area contributed by atoms with Crippen molar-refractivity contribution in [3.63, 3.8) is 0 Å². The first-order valence-electron chi connectivity index (χ1n) is 12.7. The molecule has 2 aliphatic heterocycles. The van der Waals surface area contributed by atoms with Crippen LogP contribution in [0.4, 0.5) is 0 Å². The molecular weight excluding hydrogens is 442 g/mol. The molecule has 5 rings (SSSR count). The highest BCUT2D eigenvalue weighted by molar-refractivity contribution is 5.94. The third-order valence-corrected chi connectivity index (χ3v) is 7.63. The second-order valence-electron chi connectivity index (χ2n) is 9.81. The lowest BCUT2D eigenvalue weighted by molar-refractivity contribution is -0.153. The summed E-state index contributed by atoms with van der Waals surface area (Å²) in [5, 5.41) is 6.15. The van der Waals surface area contributed by atoms with E-state index in [0.717, 1.165) is 36.0 Å². The first-order chi connectivity index (χ1) is 17.0. The Hall–Kier alpha value is -3.19. The Morgan fingerprint density at radius 2 is 1.71 bits per heavy atom. The summed E-state index contributed by atoms with van der Waals surface area (Å²) in [7, 11) is 0. The zero-order chi connectivity index (χ0) is 24.5.